The Morgan fingerprint density at radius 1 is 1.00 bits per heavy atom. The summed E-state index contributed by atoms with van der Waals surface area (Å²) >= 11 is 0. The van der Waals surface area contributed by atoms with E-state index in [0.29, 0.717) is 5.56 Å². The van der Waals surface area contributed by atoms with Gasteiger partial charge in [0.15, 0.2) is 0 Å². The van der Waals surface area contributed by atoms with Crippen LogP contribution in [0.15, 0.2) is 48.7 Å². The summed E-state index contributed by atoms with van der Waals surface area (Å²) in [6, 6.07) is 13.3. The zero-order chi connectivity index (χ0) is 17.1. The number of aromatic nitrogens is 1. The molecular formula is C19H19N3O2. The maximum Gasteiger partial charge on any atom is 0.269 e. The number of rotatable bonds is 3. The van der Waals surface area contributed by atoms with Crippen LogP contribution in [0.25, 0.3) is 10.9 Å². The van der Waals surface area contributed by atoms with E-state index in [9.17, 15) is 9.59 Å². The van der Waals surface area contributed by atoms with Crippen LogP contribution in [-0.4, -0.2) is 16.8 Å². The summed E-state index contributed by atoms with van der Waals surface area (Å²) in [5, 5.41) is 1.01. The lowest BCUT2D eigenvalue weighted by Gasteiger charge is -2.08. The molecule has 3 N–H and O–H groups in total. The molecule has 0 bridgehead atoms. The lowest BCUT2D eigenvalue weighted by Crippen LogP contribution is -2.42. The molecule has 3 aromatic rings. The van der Waals surface area contributed by atoms with Gasteiger partial charge in [-0.1, -0.05) is 35.4 Å². The Labute approximate surface area is 140 Å². The lowest BCUT2D eigenvalue weighted by molar-refractivity contribution is -0.121. The number of aromatic amines is 1. The molecule has 2 aromatic carbocycles. The molecule has 0 saturated heterocycles. The molecule has 0 aliphatic carbocycles. The summed E-state index contributed by atoms with van der Waals surface area (Å²) in [4.78, 5) is 27.3. The molecule has 122 valence electrons. The molecular weight excluding hydrogens is 302 g/mol. The molecule has 5 heteroatoms. The van der Waals surface area contributed by atoms with E-state index in [0.717, 1.165) is 27.6 Å². The second-order valence-electron chi connectivity index (χ2n) is 5.91. The molecule has 1 aromatic heterocycles. The van der Waals surface area contributed by atoms with Crippen molar-refractivity contribution in [1.82, 2.24) is 15.8 Å². The highest BCUT2D eigenvalue weighted by atomic mass is 16.2. The number of benzene rings is 2. The molecule has 5 nitrogen and oxygen atoms in total. The van der Waals surface area contributed by atoms with Crippen LogP contribution in [0.3, 0.4) is 0 Å². The molecule has 0 unspecified atom stereocenters. The first-order chi connectivity index (χ1) is 11.5. The second kappa shape index (κ2) is 6.58. The van der Waals surface area contributed by atoms with Crippen molar-refractivity contribution < 1.29 is 9.59 Å². The van der Waals surface area contributed by atoms with Gasteiger partial charge in [-0.2, -0.15) is 0 Å². The van der Waals surface area contributed by atoms with Crippen LogP contribution in [0.5, 0.6) is 0 Å². The smallest absolute Gasteiger partial charge is 0.269 e. The van der Waals surface area contributed by atoms with Crippen molar-refractivity contribution in [2.75, 3.05) is 0 Å². The molecule has 0 aliphatic heterocycles. The number of H-pyrrole nitrogens is 1. The van der Waals surface area contributed by atoms with Gasteiger partial charge in [-0.25, -0.2) is 0 Å². The van der Waals surface area contributed by atoms with Crippen molar-refractivity contribution in [3.63, 3.8) is 0 Å². The average Bonchev–Trinajstić information content (AvgIpc) is 2.95. The third-order valence-corrected chi connectivity index (χ3v) is 3.83. The Morgan fingerprint density at radius 2 is 1.71 bits per heavy atom. The topological polar surface area (TPSA) is 74.0 Å². The summed E-state index contributed by atoms with van der Waals surface area (Å²) in [6.07, 6.45) is 2.01. The number of carbonyl (C=O) groups is 2. The van der Waals surface area contributed by atoms with Crippen LogP contribution in [0.2, 0.25) is 0 Å². The molecule has 24 heavy (non-hydrogen) atoms. The highest BCUT2D eigenvalue weighted by molar-refractivity contribution is 5.96. The lowest BCUT2D eigenvalue weighted by atomic mass is 10.1. The SMILES string of the molecule is Cc1cc(C)cc(C(=O)NNC(=O)Cc2c[nH]c3ccccc23)c1. The number of fused-ring (bicyclic) bond motifs is 1. The number of hydrogen-bond donors (Lipinski definition) is 3. The third kappa shape index (κ3) is 3.46. The highest BCUT2D eigenvalue weighted by Crippen LogP contribution is 2.17. The monoisotopic (exact) mass is 321 g/mol. The second-order valence-corrected chi connectivity index (χ2v) is 5.91. The summed E-state index contributed by atoms with van der Waals surface area (Å²) in [5.41, 5.74) is 9.35. The number of para-hydroxylation sites is 1. The molecule has 1 heterocycles. The van der Waals surface area contributed by atoms with Crippen LogP contribution in [-0.2, 0) is 11.2 Å². The molecule has 0 atom stereocenters. The first-order valence-electron chi connectivity index (χ1n) is 7.75. The van der Waals surface area contributed by atoms with Crippen molar-refractivity contribution in [2.24, 2.45) is 0 Å². The average molecular weight is 321 g/mol. The molecule has 3 rings (SSSR count). The zero-order valence-corrected chi connectivity index (χ0v) is 13.6. The van der Waals surface area contributed by atoms with Gasteiger partial charge < -0.3 is 4.98 Å². The zero-order valence-electron chi connectivity index (χ0n) is 13.6. The van der Waals surface area contributed by atoms with Gasteiger partial charge >= 0.3 is 0 Å². The maximum absolute atomic E-state index is 12.1. The normalized spacial score (nSPS) is 10.6. The van der Waals surface area contributed by atoms with Crippen molar-refractivity contribution in [3.8, 4) is 0 Å². The Hall–Kier alpha value is -3.08. The summed E-state index contributed by atoms with van der Waals surface area (Å²) in [6.45, 7) is 3.86. The fourth-order valence-electron chi connectivity index (χ4n) is 2.80. The van der Waals surface area contributed by atoms with Crippen LogP contribution >= 0.6 is 0 Å². The van der Waals surface area contributed by atoms with Crippen molar-refractivity contribution in [2.45, 2.75) is 20.3 Å². The van der Waals surface area contributed by atoms with Gasteiger partial charge in [0, 0.05) is 22.7 Å². The van der Waals surface area contributed by atoms with E-state index in [4.69, 9.17) is 0 Å². The van der Waals surface area contributed by atoms with Crippen LogP contribution in [0.1, 0.15) is 27.0 Å². The highest BCUT2D eigenvalue weighted by Gasteiger charge is 2.11. The Morgan fingerprint density at radius 3 is 2.46 bits per heavy atom. The van der Waals surface area contributed by atoms with Gasteiger partial charge in [-0.05, 0) is 37.6 Å². The fraction of sp³-hybridized carbons (Fsp3) is 0.158. The molecule has 0 aliphatic rings. The number of hydrogen-bond acceptors (Lipinski definition) is 2. The largest absolute Gasteiger partial charge is 0.361 e. The predicted octanol–water partition coefficient (Wildman–Crippen LogP) is 2.79. The number of amides is 2. The van der Waals surface area contributed by atoms with Gasteiger partial charge in [0.05, 0.1) is 6.42 Å². The van der Waals surface area contributed by atoms with Gasteiger partial charge in [-0.15, -0.1) is 0 Å². The minimum absolute atomic E-state index is 0.192. The maximum atomic E-state index is 12.1. The first-order valence-corrected chi connectivity index (χ1v) is 7.75. The van der Waals surface area contributed by atoms with E-state index in [2.05, 4.69) is 15.8 Å². The van der Waals surface area contributed by atoms with E-state index in [1.54, 1.807) is 12.1 Å². The number of aryl methyl sites for hydroxylation is 2. The summed E-state index contributed by atoms with van der Waals surface area (Å²) < 4.78 is 0. The quantitative estimate of drug-likeness (QED) is 0.649. The van der Waals surface area contributed by atoms with E-state index in [-0.39, 0.29) is 18.2 Å². The fourth-order valence-corrected chi connectivity index (χ4v) is 2.80. The molecule has 0 fully saturated rings. The van der Waals surface area contributed by atoms with E-state index in [1.807, 2.05) is 50.4 Å². The molecule has 0 spiro atoms. The number of nitrogens with one attached hydrogen (secondary N) is 3. The van der Waals surface area contributed by atoms with Gasteiger partial charge in [-0.3, -0.25) is 20.4 Å². The summed E-state index contributed by atoms with van der Waals surface area (Å²) in [7, 11) is 0. The Bertz CT molecular complexity index is 892. The number of hydrazine groups is 1. The molecule has 2 amide bonds. The summed E-state index contributed by atoms with van der Waals surface area (Å²) in [5.74, 6) is -0.591. The van der Waals surface area contributed by atoms with Crippen LogP contribution in [0.4, 0.5) is 0 Å². The minimum Gasteiger partial charge on any atom is -0.361 e. The van der Waals surface area contributed by atoms with Gasteiger partial charge in [0.2, 0.25) is 5.91 Å². The van der Waals surface area contributed by atoms with Crippen molar-refractivity contribution in [1.29, 1.82) is 0 Å². The Kier molecular flexibility index (Phi) is 4.33. The van der Waals surface area contributed by atoms with Crippen LogP contribution in [0, 0.1) is 13.8 Å². The van der Waals surface area contributed by atoms with E-state index < -0.39 is 0 Å². The Balaban J connectivity index is 1.62. The molecule has 0 radical (unpaired) electrons. The number of carbonyl (C=O) groups excluding carboxylic acids is 2. The van der Waals surface area contributed by atoms with Crippen molar-refractivity contribution >= 4 is 22.7 Å². The van der Waals surface area contributed by atoms with Gasteiger partial charge in [0.1, 0.15) is 0 Å². The standard InChI is InChI=1S/C19H19N3O2/c1-12-7-13(2)9-14(8-12)19(24)22-21-18(23)10-15-11-20-17-6-4-3-5-16(15)17/h3-9,11,20H,10H2,1-2H3,(H,21,23)(H,22,24). The third-order valence-electron chi connectivity index (χ3n) is 3.83. The van der Waals surface area contributed by atoms with Crippen molar-refractivity contribution in [3.05, 3.63) is 70.9 Å². The van der Waals surface area contributed by atoms with E-state index in [1.165, 1.54) is 0 Å². The van der Waals surface area contributed by atoms with Crippen LogP contribution < -0.4 is 10.9 Å². The molecule has 0 saturated carbocycles. The predicted molar refractivity (Wildman–Crippen MR) is 93.5 cm³/mol. The van der Waals surface area contributed by atoms with E-state index >= 15 is 0 Å². The minimum atomic E-state index is -0.325. The first kappa shape index (κ1) is 15.8. The van der Waals surface area contributed by atoms with Gasteiger partial charge in [0.25, 0.3) is 5.91 Å².